The minimum Gasteiger partial charge on any atom is -0.456 e. The first-order valence-electron chi connectivity index (χ1n) is 12.8. The van der Waals surface area contributed by atoms with E-state index in [1.54, 1.807) is 0 Å². The summed E-state index contributed by atoms with van der Waals surface area (Å²) in [6.07, 6.45) is 10.5. The first-order valence-corrected chi connectivity index (χ1v) is 12.8. The first kappa shape index (κ1) is 20.0. The molecule has 34 heavy (non-hydrogen) atoms. The molecule has 0 saturated heterocycles. The molecule has 168 valence electrons. The van der Waals surface area contributed by atoms with Crippen LogP contribution in [0.5, 0.6) is 0 Å². The van der Waals surface area contributed by atoms with Gasteiger partial charge in [0, 0.05) is 22.5 Å². The first-order chi connectivity index (χ1) is 16.8. The van der Waals surface area contributed by atoms with Gasteiger partial charge in [-0.25, -0.2) is 0 Å². The lowest BCUT2D eigenvalue weighted by Gasteiger charge is -2.42. The van der Waals surface area contributed by atoms with Gasteiger partial charge in [-0.1, -0.05) is 49.2 Å². The highest BCUT2D eigenvalue weighted by Crippen LogP contribution is 2.46. The number of benzene rings is 3. The molecule has 1 atom stereocenters. The lowest BCUT2D eigenvalue weighted by atomic mass is 9.63. The monoisotopic (exact) mass is 443 g/mol. The minimum absolute atomic E-state index is 0.863. The van der Waals surface area contributed by atoms with E-state index >= 15 is 0 Å². The number of rotatable bonds is 4. The fourth-order valence-corrected chi connectivity index (χ4v) is 6.57. The summed E-state index contributed by atoms with van der Waals surface area (Å²) in [7, 11) is 0. The van der Waals surface area contributed by atoms with Crippen molar-refractivity contribution in [2.75, 3.05) is 0 Å². The zero-order valence-electron chi connectivity index (χ0n) is 19.4. The van der Waals surface area contributed by atoms with Gasteiger partial charge in [-0.05, 0) is 103 Å². The van der Waals surface area contributed by atoms with Gasteiger partial charge in [-0.15, -0.1) is 0 Å². The lowest BCUT2D eigenvalue weighted by molar-refractivity contribution is 0.0991. The van der Waals surface area contributed by atoms with E-state index in [-0.39, 0.29) is 0 Å². The molecule has 2 aromatic heterocycles. The number of pyridine rings is 1. The van der Waals surface area contributed by atoms with Crippen molar-refractivity contribution in [2.45, 2.75) is 38.5 Å². The molecule has 5 aromatic rings. The van der Waals surface area contributed by atoms with Crippen molar-refractivity contribution in [3.63, 3.8) is 0 Å². The van der Waals surface area contributed by atoms with E-state index in [1.807, 2.05) is 12.3 Å². The van der Waals surface area contributed by atoms with E-state index in [1.165, 1.54) is 55.2 Å². The number of hydrogen-bond donors (Lipinski definition) is 0. The summed E-state index contributed by atoms with van der Waals surface area (Å²) < 4.78 is 6.24. The zero-order chi connectivity index (χ0) is 22.5. The van der Waals surface area contributed by atoms with Crippen LogP contribution in [0.4, 0.5) is 0 Å². The second-order valence-corrected chi connectivity index (χ2v) is 10.4. The average Bonchev–Trinajstić information content (AvgIpc) is 3.27. The number of aromatic nitrogens is 1. The summed E-state index contributed by atoms with van der Waals surface area (Å²) >= 11 is 0. The Kier molecular flexibility index (Phi) is 4.79. The Bertz CT molecular complexity index is 1470. The Hall–Kier alpha value is -3.39. The van der Waals surface area contributed by atoms with E-state index in [9.17, 15) is 0 Å². The van der Waals surface area contributed by atoms with Crippen molar-refractivity contribution < 1.29 is 4.42 Å². The second-order valence-electron chi connectivity index (χ2n) is 10.4. The molecule has 2 bridgehead atoms. The molecule has 0 spiro atoms. The highest BCUT2D eigenvalue weighted by atomic mass is 16.3. The largest absolute Gasteiger partial charge is 0.456 e. The molecule has 0 aliphatic heterocycles. The van der Waals surface area contributed by atoms with Gasteiger partial charge < -0.3 is 4.42 Å². The maximum atomic E-state index is 6.24. The van der Waals surface area contributed by atoms with Crippen LogP contribution in [0.1, 0.15) is 37.7 Å². The standard InChI is InChI=1S/C32H29NO/c1-2-4-23(5-3-1)25-10-12-28-29-19-26(11-13-31(29)34-32(28)20-25)30-18-22(14-15-33-30)17-27-16-21-6-8-24(27)9-7-21/h1-5,10-15,18-21,24,27H,6-9,16-17H2. The van der Waals surface area contributed by atoms with Crippen molar-refractivity contribution in [3.8, 4) is 22.4 Å². The van der Waals surface area contributed by atoms with Crippen LogP contribution < -0.4 is 0 Å². The fourth-order valence-electron chi connectivity index (χ4n) is 6.57. The van der Waals surface area contributed by atoms with Crippen LogP contribution >= 0.6 is 0 Å². The van der Waals surface area contributed by atoms with Gasteiger partial charge in [0.2, 0.25) is 0 Å². The van der Waals surface area contributed by atoms with Crippen LogP contribution in [0.15, 0.2) is 89.5 Å². The molecule has 0 N–H and O–H groups in total. The van der Waals surface area contributed by atoms with Gasteiger partial charge in [0.25, 0.3) is 0 Å². The maximum Gasteiger partial charge on any atom is 0.136 e. The van der Waals surface area contributed by atoms with Crippen LogP contribution in [0.25, 0.3) is 44.3 Å². The highest BCUT2D eigenvalue weighted by molar-refractivity contribution is 6.07. The van der Waals surface area contributed by atoms with Gasteiger partial charge in [-0.2, -0.15) is 0 Å². The Balaban J connectivity index is 1.21. The molecule has 2 nitrogen and oxygen atoms in total. The van der Waals surface area contributed by atoms with Crippen molar-refractivity contribution in [1.29, 1.82) is 0 Å². The van der Waals surface area contributed by atoms with Crippen LogP contribution in [0.3, 0.4) is 0 Å². The van der Waals surface area contributed by atoms with Crippen molar-refractivity contribution in [3.05, 3.63) is 90.6 Å². The molecule has 3 aliphatic carbocycles. The molecule has 8 rings (SSSR count). The summed E-state index contributed by atoms with van der Waals surface area (Å²) in [5.74, 6) is 2.79. The molecular weight excluding hydrogens is 414 g/mol. The topological polar surface area (TPSA) is 26.0 Å². The summed E-state index contributed by atoms with van der Waals surface area (Å²) in [5, 5.41) is 2.31. The third-order valence-corrected chi connectivity index (χ3v) is 8.39. The number of fused-ring (bicyclic) bond motifs is 6. The van der Waals surface area contributed by atoms with Gasteiger partial charge in [-0.3, -0.25) is 4.98 Å². The predicted molar refractivity (Wildman–Crippen MR) is 140 cm³/mol. The van der Waals surface area contributed by atoms with E-state index in [0.717, 1.165) is 50.9 Å². The van der Waals surface area contributed by atoms with Crippen LogP contribution in [-0.2, 0) is 6.42 Å². The summed E-state index contributed by atoms with van der Waals surface area (Å²) in [5.41, 5.74) is 7.91. The van der Waals surface area contributed by atoms with E-state index in [0.29, 0.717) is 0 Å². The fraction of sp³-hybridized carbons (Fsp3) is 0.281. The maximum absolute atomic E-state index is 6.24. The van der Waals surface area contributed by atoms with E-state index in [4.69, 9.17) is 9.40 Å². The Morgan fingerprint density at radius 2 is 1.56 bits per heavy atom. The van der Waals surface area contributed by atoms with Crippen molar-refractivity contribution >= 4 is 21.9 Å². The Morgan fingerprint density at radius 3 is 2.38 bits per heavy atom. The molecule has 3 saturated carbocycles. The predicted octanol–water partition coefficient (Wildman–Crippen LogP) is 8.68. The van der Waals surface area contributed by atoms with E-state index < -0.39 is 0 Å². The smallest absolute Gasteiger partial charge is 0.136 e. The molecule has 1 unspecified atom stereocenters. The van der Waals surface area contributed by atoms with Crippen molar-refractivity contribution in [1.82, 2.24) is 4.98 Å². The zero-order valence-corrected chi connectivity index (χ0v) is 19.4. The van der Waals surface area contributed by atoms with E-state index in [2.05, 4.69) is 72.8 Å². The number of hydrogen-bond acceptors (Lipinski definition) is 2. The number of nitrogens with zero attached hydrogens (tertiary/aromatic N) is 1. The van der Waals surface area contributed by atoms with Gasteiger partial charge in [0.05, 0.1) is 5.69 Å². The SMILES string of the molecule is c1ccc(-c2ccc3c(c2)oc2ccc(-c4cc(CC5CC6CCC5CC6)ccn4)cc23)cc1. The normalized spacial score (nSPS) is 21.9. The molecule has 0 radical (unpaired) electrons. The quantitative estimate of drug-likeness (QED) is 0.278. The third-order valence-electron chi connectivity index (χ3n) is 8.39. The second kappa shape index (κ2) is 8.13. The average molecular weight is 444 g/mol. The summed E-state index contributed by atoms with van der Waals surface area (Å²) in [6.45, 7) is 0. The minimum atomic E-state index is 0.863. The lowest BCUT2D eigenvalue weighted by Crippen LogP contribution is -2.32. The van der Waals surface area contributed by atoms with Crippen LogP contribution in [0.2, 0.25) is 0 Å². The van der Waals surface area contributed by atoms with Gasteiger partial charge >= 0.3 is 0 Å². The molecule has 3 fully saturated rings. The molecule has 3 aromatic carbocycles. The van der Waals surface area contributed by atoms with Gasteiger partial charge in [0.1, 0.15) is 11.2 Å². The molecular formula is C32H29NO. The molecule has 2 heterocycles. The Labute approximate surface area is 200 Å². The van der Waals surface area contributed by atoms with Crippen LogP contribution in [-0.4, -0.2) is 4.98 Å². The van der Waals surface area contributed by atoms with Gasteiger partial charge in [0.15, 0.2) is 0 Å². The Morgan fingerprint density at radius 1 is 0.706 bits per heavy atom. The molecule has 2 heteroatoms. The van der Waals surface area contributed by atoms with Crippen molar-refractivity contribution in [2.24, 2.45) is 17.8 Å². The summed E-state index contributed by atoms with van der Waals surface area (Å²) in [6, 6.07) is 28.0. The highest BCUT2D eigenvalue weighted by Gasteiger charge is 2.35. The molecule has 3 aliphatic rings. The third kappa shape index (κ3) is 3.53. The number of furan rings is 1. The van der Waals surface area contributed by atoms with Crippen LogP contribution in [0, 0.1) is 17.8 Å². The molecule has 0 amide bonds. The summed E-state index contributed by atoms with van der Waals surface area (Å²) in [4.78, 5) is 4.75.